The number of nitrogens with two attached hydrogens (primary N) is 1. The molecular formula is C16H18BrClN2. The number of benzene rings is 2. The number of nitrogens with zero attached hydrogens (tertiary/aromatic N) is 1. The minimum Gasteiger partial charge on any atom is -0.363 e. The van der Waals surface area contributed by atoms with Crippen LogP contribution in [0.3, 0.4) is 0 Å². The highest BCUT2D eigenvalue weighted by atomic mass is 79.9. The van der Waals surface area contributed by atoms with Gasteiger partial charge in [-0.3, -0.25) is 0 Å². The lowest BCUT2D eigenvalue weighted by Gasteiger charge is -2.33. The molecule has 2 rings (SSSR count). The molecule has 0 heterocycles. The van der Waals surface area contributed by atoms with Crippen LogP contribution in [-0.4, -0.2) is 13.1 Å². The third-order valence-electron chi connectivity index (χ3n) is 3.35. The van der Waals surface area contributed by atoms with E-state index in [9.17, 15) is 0 Å². The van der Waals surface area contributed by atoms with Crippen LogP contribution < -0.4 is 10.6 Å². The Morgan fingerprint density at radius 3 is 2.45 bits per heavy atom. The van der Waals surface area contributed by atoms with Crippen molar-refractivity contribution in [2.24, 2.45) is 5.73 Å². The largest absolute Gasteiger partial charge is 0.363 e. The minimum absolute atomic E-state index is 0.119. The Hall–Kier alpha value is -1.03. The molecule has 1 unspecified atom stereocenters. The smallest absolute Gasteiger partial charge is 0.0675 e. The lowest BCUT2D eigenvalue weighted by atomic mass is 10.0. The monoisotopic (exact) mass is 352 g/mol. The summed E-state index contributed by atoms with van der Waals surface area (Å²) in [5.74, 6) is 0. The highest BCUT2D eigenvalue weighted by Gasteiger charge is 2.20. The first kappa shape index (κ1) is 15.4. The molecule has 106 valence electrons. The van der Waals surface area contributed by atoms with Gasteiger partial charge in [-0.2, -0.15) is 0 Å². The van der Waals surface area contributed by atoms with Crippen molar-refractivity contribution in [3.63, 3.8) is 0 Å². The van der Waals surface area contributed by atoms with Gasteiger partial charge in [0.05, 0.1) is 6.04 Å². The van der Waals surface area contributed by atoms with Crippen LogP contribution in [0.2, 0.25) is 5.02 Å². The van der Waals surface area contributed by atoms with Crippen molar-refractivity contribution in [1.29, 1.82) is 0 Å². The highest BCUT2D eigenvalue weighted by molar-refractivity contribution is 9.10. The van der Waals surface area contributed by atoms with Crippen LogP contribution in [-0.2, 0) is 0 Å². The van der Waals surface area contributed by atoms with Crippen LogP contribution >= 0.6 is 27.5 Å². The van der Waals surface area contributed by atoms with E-state index in [1.54, 1.807) is 0 Å². The first-order valence-electron chi connectivity index (χ1n) is 6.64. The molecule has 0 radical (unpaired) electrons. The topological polar surface area (TPSA) is 29.3 Å². The second-order valence-corrected chi connectivity index (χ2v) is 5.83. The van der Waals surface area contributed by atoms with E-state index in [2.05, 4.69) is 39.9 Å². The Morgan fingerprint density at radius 1 is 1.20 bits per heavy atom. The van der Waals surface area contributed by atoms with Crippen LogP contribution in [0.4, 0.5) is 5.69 Å². The number of anilines is 1. The molecule has 2 N–H and O–H groups in total. The molecule has 0 saturated carbocycles. The second kappa shape index (κ2) is 7.11. The summed E-state index contributed by atoms with van der Waals surface area (Å²) in [4.78, 5) is 2.30. The molecule has 0 fully saturated rings. The fourth-order valence-corrected chi connectivity index (χ4v) is 3.34. The van der Waals surface area contributed by atoms with E-state index in [1.165, 1.54) is 5.69 Å². The van der Waals surface area contributed by atoms with Gasteiger partial charge >= 0.3 is 0 Å². The predicted octanol–water partition coefficient (Wildman–Crippen LogP) is 4.63. The normalized spacial score (nSPS) is 12.2. The summed E-state index contributed by atoms with van der Waals surface area (Å²) >= 11 is 9.61. The molecule has 2 aromatic carbocycles. The second-order valence-electron chi connectivity index (χ2n) is 4.54. The number of para-hydroxylation sites is 1. The average molecular weight is 354 g/mol. The maximum absolute atomic E-state index is 6.03. The van der Waals surface area contributed by atoms with E-state index in [0.29, 0.717) is 6.54 Å². The maximum Gasteiger partial charge on any atom is 0.0675 e. The van der Waals surface area contributed by atoms with Crippen molar-refractivity contribution in [3.05, 3.63) is 63.6 Å². The van der Waals surface area contributed by atoms with Crippen molar-refractivity contribution < 1.29 is 0 Å². The first-order chi connectivity index (χ1) is 9.67. The summed E-state index contributed by atoms with van der Waals surface area (Å²) in [5, 5.41) is 0.721. The fraction of sp³-hybridized carbons (Fsp3) is 0.250. The summed E-state index contributed by atoms with van der Waals surface area (Å²) in [6, 6.07) is 16.3. The lowest BCUT2D eigenvalue weighted by molar-refractivity contribution is 0.641. The quantitative estimate of drug-likeness (QED) is 0.849. The molecule has 4 heteroatoms. The summed E-state index contributed by atoms with van der Waals surface area (Å²) in [6.45, 7) is 3.57. The average Bonchev–Trinajstić information content (AvgIpc) is 2.46. The van der Waals surface area contributed by atoms with Gasteiger partial charge in [0.2, 0.25) is 0 Å². The Morgan fingerprint density at radius 2 is 1.90 bits per heavy atom. The van der Waals surface area contributed by atoms with Crippen molar-refractivity contribution >= 4 is 33.2 Å². The van der Waals surface area contributed by atoms with Crippen molar-refractivity contribution in [3.8, 4) is 0 Å². The van der Waals surface area contributed by atoms with Gasteiger partial charge in [-0.15, -0.1) is 0 Å². The maximum atomic E-state index is 6.03. The number of hydrogen-bond acceptors (Lipinski definition) is 2. The van der Waals surface area contributed by atoms with Crippen molar-refractivity contribution in [2.75, 3.05) is 18.0 Å². The Kier molecular flexibility index (Phi) is 5.46. The van der Waals surface area contributed by atoms with Crippen LogP contribution in [0, 0.1) is 0 Å². The van der Waals surface area contributed by atoms with Gasteiger partial charge in [0.1, 0.15) is 0 Å². The zero-order valence-corrected chi connectivity index (χ0v) is 13.7. The van der Waals surface area contributed by atoms with Crippen LogP contribution in [0.15, 0.2) is 53.0 Å². The molecule has 0 aliphatic heterocycles. The third-order valence-corrected chi connectivity index (χ3v) is 4.27. The predicted molar refractivity (Wildman–Crippen MR) is 90.4 cm³/mol. The molecular weight excluding hydrogens is 336 g/mol. The summed E-state index contributed by atoms with van der Waals surface area (Å²) in [6.07, 6.45) is 0. The van der Waals surface area contributed by atoms with E-state index >= 15 is 0 Å². The van der Waals surface area contributed by atoms with Gasteiger partial charge < -0.3 is 10.6 Å². The third kappa shape index (κ3) is 3.35. The number of hydrogen-bond donors (Lipinski definition) is 1. The standard InChI is InChI=1S/C16H18BrClN2/c1-2-20(13-6-4-3-5-7-13)16(11-19)14-9-8-12(18)10-15(14)17/h3-10,16H,2,11,19H2,1H3. The highest BCUT2D eigenvalue weighted by Crippen LogP contribution is 2.32. The Balaban J connectivity index is 2.39. The van der Waals surface area contributed by atoms with Gasteiger partial charge in [0.25, 0.3) is 0 Å². The van der Waals surface area contributed by atoms with Crippen molar-refractivity contribution in [1.82, 2.24) is 0 Å². The zero-order chi connectivity index (χ0) is 14.5. The molecule has 20 heavy (non-hydrogen) atoms. The molecule has 0 aliphatic rings. The van der Waals surface area contributed by atoms with E-state index in [0.717, 1.165) is 21.6 Å². The molecule has 2 nitrogen and oxygen atoms in total. The van der Waals surface area contributed by atoms with Gasteiger partial charge in [0, 0.05) is 28.3 Å². The van der Waals surface area contributed by atoms with E-state index in [4.69, 9.17) is 17.3 Å². The summed E-state index contributed by atoms with van der Waals surface area (Å²) < 4.78 is 0.995. The lowest BCUT2D eigenvalue weighted by Crippen LogP contribution is -2.33. The van der Waals surface area contributed by atoms with Gasteiger partial charge in [-0.1, -0.05) is 51.8 Å². The molecule has 0 spiro atoms. The number of halogens is 2. The summed E-state index contributed by atoms with van der Waals surface area (Å²) in [5.41, 5.74) is 8.36. The Labute approximate surface area is 133 Å². The van der Waals surface area contributed by atoms with Gasteiger partial charge in [-0.25, -0.2) is 0 Å². The zero-order valence-electron chi connectivity index (χ0n) is 11.4. The molecule has 0 bridgehead atoms. The molecule has 2 aromatic rings. The molecule has 0 amide bonds. The molecule has 0 aliphatic carbocycles. The molecule has 1 atom stereocenters. The van der Waals surface area contributed by atoms with Gasteiger partial charge in [-0.05, 0) is 36.8 Å². The van der Waals surface area contributed by atoms with E-state index in [-0.39, 0.29) is 6.04 Å². The first-order valence-corrected chi connectivity index (χ1v) is 7.81. The van der Waals surface area contributed by atoms with Crippen LogP contribution in [0.5, 0.6) is 0 Å². The van der Waals surface area contributed by atoms with E-state index in [1.807, 2.05) is 36.4 Å². The van der Waals surface area contributed by atoms with Gasteiger partial charge in [0.15, 0.2) is 0 Å². The van der Waals surface area contributed by atoms with Crippen LogP contribution in [0.1, 0.15) is 18.5 Å². The summed E-state index contributed by atoms with van der Waals surface area (Å²) in [7, 11) is 0. The van der Waals surface area contributed by atoms with Crippen molar-refractivity contribution in [2.45, 2.75) is 13.0 Å². The van der Waals surface area contributed by atoms with E-state index < -0.39 is 0 Å². The molecule has 0 saturated heterocycles. The Bertz CT molecular complexity index is 560. The molecule has 0 aromatic heterocycles. The fourth-order valence-electron chi connectivity index (χ4n) is 2.40. The minimum atomic E-state index is 0.119. The number of likely N-dealkylation sites (N-methyl/N-ethyl adjacent to an activating group) is 1. The number of rotatable bonds is 5. The SMILES string of the molecule is CCN(c1ccccc1)C(CN)c1ccc(Cl)cc1Br. The van der Waals surface area contributed by atoms with Crippen LogP contribution in [0.25, 0.3) is 0 Å².